The summed E-state index contributed by atoms with van der Waals surface area (Å²) >= 11 is 1.70. The van der Waals surface area contributed by atoms with Crippen molar-refractivity contribution in [3.63, 3.8) is 0 Å². The number of aliphatic hydroxyl groups is 1. The lowest BCUT2D eigenvalue weighted by Gasteiger charge is -2.13. The van der Waals surface area contributed by atoms with Crippen LogP contribution in [0.25, 0.3) is 0 Å². The molecule has 0 bridgehead atoms. The molecule has 0 aliphatic heterocycles. The Hall–Kier alpha value is -1.39. The lowest BCUT2D eigenvalue weighted by atomic mass is 10.1. The van der Waals surface area contributed by atoms with Crippen LogP contribution >= 0.6 is 11.3 Å². The zero-order valence-electron chi connectivity index (χ0n) is 9.67. The molecule has 0 aliphatic carbocycles. The molecular weight excluding hydrogens is 234 g/mol. The molecule has 2 aromatic rings. The van der Waals surface area contributed by atoms with Gasteiger partial charge in [-0.05, 0) is 31.2 Å². The number of pyridine rings is 1. The first-order chi connectivity index (χ1) is 8.29. The Morgan fingerprint density at radius 2 is 2.29 bits per heavy atom. The summed E-state index contributed by atoms with van der Waals surface area (Å²) in [7, 11) is 0. The van der Waals surface area contributed by atoms with Crippen molar-refractivity contribution < 1.29 is 9.84 Å². The van der Waals surface area contributed by atoms with Gasteiger partial charge >= 0.3 is 0 Å². The predicted molar refractivity (Wildman–Crippen MR) is 68.6 cm³/mol. The number of ether oxygens (including phenoxy) is 1. The van der Waals surface area contributed by atoms with Crippen LogP contribution in [0.3, 0.4) is 0 Å². The van der Waals surface area contributed by atoms with E-state index in [-0.39, 0.29) is 12.5 Å². The van der Waals surface area contributed by atoms with E-state index in [1.54, 1.807) is 23.7 Å². The Kier molecular flexibility index (Phi) is 4.12. The molecule has 0 aliphatic rings. The Bertz CT molecular complexity index is 455. The molecule has 0 saturated heterocycles. The van der Waals surface area contributed by atoms with Gasteiger partial charge in [0.25, 0.3) is 0 Å². The van der Waals surface area contributed by atoms with Gasteiger partial charge in [-0.1, -0.05) is 0 Å². The maximum Gasteiger partial charge on any atom is 0.137 e. The standard InChI is InChI=1S/C13H15NO2S/c1-10-4-5-13(17-10)11(8-15)9-16-12-3-2-6-14-7-12/h2-7,11,15H,8-9H2,1H3. The lowest BCUT2D eigenvalue weighted by molar-refractivity contribution is 0.206. The van der Waals surface area contributed by atoms with Crippen LogP contribution in [0.5, 0.6) is 5.75 Å². The number of hydrogen-bond donors (Lipinski definition) is 1. The van der Waals surface area contributed by atoms with Crippen LogP contribution in [-0.4, -0.2) is 23.3 Å². The van der Waals surface area contributed by atoms with Crippen molar-refractivity contribution in [3.05, 3.63) is 46.4 Å². The van der Waals surface area contributed by atoms with Crippen molar-refractivity contribution in [2.24, 2.45) is 0 Å². The number of nitrogens with zero attached hydrogens (tertiary/aromatic N) is 1. The van der Waals surface area contributed by atoms with Gasteiger partial charge in [-0.2, -0.15) is 0 Å². The number of thiophene rings is 1. The first-order valence-corrected chi connectivity index (χ1v) is 6.31. The monoisotopic (exact) mass is 249 g/mol. The van der Waals surface area contributed by atoms with E-state index in [1.807, 2.05) is 18.2 Å². The Morgan fingerprint density at radius 3 is 2.88 bits per heavy atom. The topological polar surface area (TPSA) is 42.4 Å². The highest BCUT2D eigenvalue weighted by atomic mass is 32.1. The van der Waals surface area contributed by atoms with Crippen LogP contribution in [0, 0.1) is 6.92 Å². The summed E-state index contributed by atoms with van der Waals surface area (Å²) in [5, 5.41) is 9.38. The highest BCUT2D eigenvalue weighted by Gasteiger charge is 2.13. The summed E-state index contributed by atoms with van der Waals surface area (Å²) in [5.41, 5.74) is 0. The van der Waals surface area contributed by atoms with E-state index in [0.717, 1.165) is 10.6 Å². The molecule has 0 spiro atoms. The fraction of sp³-hybridized carbons (Fsp3) is 0.308. The molecule has 1 atom stereocenters. The molecule has 2 heterocycles. The highest BCUT2D eigenvalue weighted by Crippen LogP contribution is 2.25. The largest absolute Gasteiger partial charge is 0.491 e. The summed E-state index contributed by atoms with van der Waals surface area (Å²) < 4.78 is 5.61. The second-order valence-corrected chi connectivity index (χ2v) is 5.15. The van der Waals surface area contributed by atoms with E-state index in [0.29, 0.717) is 6.61 Å². The molecular formula is C13H15NO2S. The van der Waals surface area contributed by atoms with Crippen molar-refractivity contribution in [1.29, 1.82) is 0 Å². The van der Waals surface area contributed by atoms with Crippen LogP contribution in [0.15, 0.2) is 36.7 Å². The van der Waals surface area contributed by atoms with E-state index in [4.69, 9.17) is 4.74 Å². The minimum absolute atomic E-state index is 0.0360. The van der Waals surface area contributed by atoms with Crippen LogP contribution in [0.4, 0.5) is 0 Å². The highest BCUT2D eigenvalue weighted by molar-refractivity contribution is 7.12. The predicted octanol–water partition coefficient (Wildman–Crippen LogP) is 2.61. The molecule has 2 aromatic heterocycles. The number of aromatic nitrogens is 1. The van der Waals surface area contributed by atoms with Crippen LogP contribution in [0.1, 0.15) is 15.7 Å². The van der Waals surface area contributed by atoms with Crippen LogP contribution in [-0.2, 0) is 0 Å². The molecule has 0 fully saturated rings. The fourth-order valence-corrected chi connectivity index (χ4v) is 2.48. The first-order valence-electron chi connectivity index (χ1n) is 5.49. The molecule has 1 unspecified atom stereocenters. The summed E-state index contributed by atoms with van der Waals surface area (Å²) in [6.45, 7) is 2.63. The van der Waals surface area contributed by atoms with Gasteiger partial charge in [0.15, 0.2) is 0 Å². The number of aliphatic hydroxyl groups excluding tert-OH is 1. The lowest BCUT2D eigenvalue weighted by Crippen LogP contribution is -2.13. The van der Waals surface area contributed by atoms with E-state index in [2.05, 4.69) is 18.0 Å². The van der Waals surface area contributed by atoms with Crippen LogP contribution in [0.2, 0.25) is 0 Å². The normalized spacial score (nSPS) is 12.4. The van der Waals surface area contributed by atoms with Crippen molar-refractivity contribution >= 4 is 11.3 Å². The Balaban J connectivity index is 1.97. The number of rotatable bonds is 5. The van der Waals surface area contributed by atoms with E-state index >= 15 is 0 Å². The zero-order chi connectivity index (χ0) is 12.1. The molecule has 0 amide bonds. The van der Waals surface area contributed by atoms with Crippen molar-refractivity contribution in [2.45, 2.75) is 12.8 Å². The van der Waals surface area contributed by atoms with Crippen molar-refractivity contribution in [2.75, 3.05) is 13.2 Å². The van der Waals surface area contributed by atoms with Gasteiger partial charge in [0, 0.05) is 16.0 Å². The second-order valence-electron chi connectivity index (χ2n) is 3.83. The molecule has 4 heteroatoms. The summed E-state index contributed by atoms with van der Waals surface area (Å²) in [6.07, 6.45) is 3.38. The average Bonchev–Trinajstić information content (AvgIpc) is 2.78. The number of hydrogen-bond acceptors (Lipinski definition) is 4. The molecule has 3 nitrogen and oxygen atoms in total. The van der Waals surface area contributed by atoms with Gasteiger partial charge in [0.05, 0.1) is 25.3 Å². The maximum atomic E-state index is 9.38. The second kappa shape index (κ2) is 5.80. The van der Waals surface area contributed by atoms with E-state index in [1.165, 1.54) is 4.88 Å². The zero-order valence-corrected chi connectivity index (χ0v) is 10.5. The summed E-state index contributed by atoms with van der Waals surface area (Å²) in [4.78, 5) is 6.39. The van der Waals surface area contributed by atoms with E-state index in [9.17, 15) is 5.11 Å². The average molecular weight is 249 g/mol. The third kappa shape index (κ3) is 3.28. The summed E-state index contributed by atoms with van der Waals surface area (Å²) in [5.74, 6) is 0.771. The molecule has 0 radical (unpaired) electrons. The Labute approximate surface area is 105 Å². The maximum absolute atomic E-state index is 9.38. The van der Waals surface area contributed by atoms with Crippen LogP contribution < -0.4 is 4.74 Å². The third-order valence-corrected chi connectivity index (χ3v) is 3.63. The third-order valence-electron chi connectivity index (χ3n) is 2.47. The Morgan fingerprint density at radius 1 is 1.41 bits per heavy atom. The van der Waals surface area contributed by atoms with Gasteiger partial charge in [0.2, 0.25) is 0 Å². The summed E-state index contributed by atoms with van der Waals surface area (Å²) in [6, 6.07) is 7.81. The smallest absolute Gasteiger partial charge is 0.137 e. The number of aryl methyl sites for hydroxylation is 1. The minimum Gasteiger partial charge on any atom is -0.491 e. The van der Waals surface area contributed by atoms with Gasteiger partial charge in [0.1, 0.15) is 5.75 Å². The first kappa shape index (κ1) is 12.1. The van der Waals surface area contributed by atoms with Crippen molar-refractivity contribution in [3.8, 4) is 5.75 Å². The molecule has 0 saturated carbocycles. The molecule has 2 rings (SSSR count). The molecule has 1 N–H and O–H groups in total. The van der Waals surface area contributed by atoms with E-state index < -0.39 is 0 Å². The van der Waals surface area contributed by atoms with Gasteiger partial charge in [-0.25, -0.2) is 0 Å². The fourth-order valence-electron chi connectivity index (χ4n) is 1.53. The van der Waals surface area contributed by atoms with Gasteiger partial charge in [-0.15, -0.1) is 11.3 Å². The minimum atomic E-state index is 0.0360. The molecule has 90 valence electrons. The molecule has 0 aromatic carbocycles. The van der Waals surface area contributed by atoms with Gasteiger partial charge in [-0.3, -0.25) is 4.98 Å². The van der Waals surface area contributed by atoms with Gasteiger partial charge < -0.3 is 9.84 Å². The van der Waals surface area contributed by atoms with Crippen molar-refractivity contribution in [1.82, 2.24) is 4.98 Å². The quantitative estimate of drug-likeness (QED) is 0.885. The molecule has 17 heavy (non-hydrogen) atoms. The SMILES string of the molecule is Cc1ccc(C(CO)COc2cccnc2)s1.